The van der Waals surface area contributed by atoms with E-state index in [0.717, 1.165) is 51.4 Å². The molecule has 1 amide bonds. The fourth-order valence-electron chi connectivity index (χ4n) is 4.07. The summed E-state index contributed by atoms with van der Waals surface area (Å²) < 4.78 is 5.08. The molecule has 2 N–H and O–H groups in total. The van der Waals surface area contributed by atoms with Gasteiger partial charge >= 0.3 is 6.09 Å². The average molecular weight is 515 g/mol. The summed E-state index contributed by atoms with van der Waals surface area (Å²) in [6, 6.07) is 9.52. The van der Waals surface area contributed by atoms with Gasteiger partial charge in [0.15, 0.2) is 5.96 Å². The molecule has 1 unspecified atom stereocenters. The van der Waals surface area contributed by atoms with Crippen LogP contribution < -0.4 is 15.5 Å². The number of piperidine rings is 1. The van der Waals surface area contributed by atoms with Crippen molar-refractivity contribution in [1.82, 2.24) is 15.5 Å². The quantitative estimate of drug-likeness (QED) is 0.359. The number of nitrogens with zero attached hydrogens (tertiary/aromatic N) is 3. The number of amides is 1. The van der Waals surface area contributed by atoms with Gasteiger partial charge in [0.05, 0.1) is 6.61 Å². The van der Waals surface area contributed by atoms with Crippen molar-refractivity contribution < 1.29 is 9.53 Å². The Kier molecular flexibility index (Phi) is 9.32. The second-order valence-corrected chi connectivity index (χ2v) is 7.48. The zero-order valence-electron chi connectivity index (χ0n) is 17.7. The number of rotatable bonds is 5. The van der Waals surface area contributed by atoms with Crippen LogP contribution in [0, 0.1) is 0 Å². The molecular formula is C21H34IN5O2. The maximum absolute atomic E-state index is 11.8. The van der Waals surface area contributed by atoms with E-state index in [1.807, 2.05) is 6.92 Å². The molecule has 2 heterocycles. The van der Waals surface area contributed by atoms with Crippen LogP contribution in [0.25, 0.3) is 0 Å². The summed E-state index contributed by atoms with van der Waals surface area (Å²) in [5.41, 5.74) is 2.79. The van der Waals surface area contributed by atoms with Crippen LogP contribution >= 0.6 is 24.0 Å². The van der Waals surface area contributed by atoms with E-state index in [0.29, 0.717) is 18.7 Å². The normalized spacial score (nSPS) is 19.4. The van der Waals surface area contributed by atoms with Gasteiger partial charge in [0.25, 0.3) is 0 Å². The molecule has 1 fully saturated rings. The van der Waals surface area contributed by atoms with Gasteiger partial charge in [-0.25, -0.2) is 4.79 Å². The molecule has 7 nitrogen and oxygen atoms in total. The summed E-state index contributed by atoms with van der Waals surface area (Å²) in [5, 5.41) is 6.94. The number of carbonyl (C=O) groups excluding carboxylic acids is 1. The molecule has 1 aromatic rings. The van der Waals surface area contributed by atoms with Crippen LogP contribution in [0.4, 0.5) is 10.5 Å². The molecule has 0 bridgehead atoms. The highest BCUT2D eigenvalue weighted by Gasteiger charge is 2.26. The molecule has 2 aliphatic rings. The summed E-state index contributed by atoms with van der Waals surface area (Å²) in [4.78, 5) is 20.4. The van der Waals surface area contributed by atoms with Crippen LogP contribution in [0.5, 0.6) is 0 Å². The van der Waals surface area contributed by atoms with Crippen molar-refractivity contribution >= 4 is 41.7 Å². The Morgan fingerprint density at radius 2 is 2.00 bits per heavy atom. The summed E-state index contributed by atoms with van der Waals surface area (Å²) in [6.07, 6.45) is 2.71. The summed E-state index contributed by atoms with van der Waals surface area (Å²) >= 11 is 0. The molecule has 29 heavy (non-hydrogen) atoms. The summed E-state index contributed by atoms with van der Waals surface area (Å²) in [7, 11) is 1.80. The molecule has 162 valence electrons. The van der Waals surface area contributed by atoms with Crippen LogP contribution in [0.3, 0.4) is 0 Å². The molecule has 0 saturated carbocycles. The third-order valence-corrected chi connectivity index (χ3v) is 5.58. The Bertz CT molecular complexity index is 691. The molecule has 2 aliphatic heterocycles. The van der Waals surface area contributed by atoms with Gasteiger partial charge in [-0.2, -0.15) is 0 Å². The lowest BCUT2D eigenvalue weighted by atomic mass is 10.1. The Hall–Kier alpha value is -1.71. The fourth-order valence-corrected chi connectivity index (χ4v) is 4.07. The monoisotopic (exact) mass is 515 g/mol. The van der Waals surface area contributed by atoms with E-state index in [1.54, 1.807) is 11.9 Å². The molecule has 0 spiro atoms. The number of guanidine groups is 1. The second-order valence-electron chi connectivity index (χ2n) is 7.48. The smallest absolute Gasteiger partial charge is 0.409 e. The lowest BCUT2D eigenvalue weighted by molar-refractivity contribution is 0.0963. The maximum Gasteiger partial charge on any atom is 0.409 e. The first-order chi connectivity index (χ1) is 13.6. The first kappa shape index (κ1) is 23.6. The molecule has 0 aromatic heterocycles. The molecular weight excluding hydrogens is 481 g/mol. The number of para-hydroxylation sites is 1. The van der Waals surface area contributed by atoms with E-state index in [2.05, 4.69) is 51.7 Å². The summed E-state index contributed by atoms with van der Waals surface area (Å²) in [5.74, 6) is 0.828. The number of fused-ring (bicyclic) bond motifs is 1. The van der Waals surface area contributed by atoms with Crippen molar-refractivity contribution in [2.75, 3.05) is 44.7 Å². The number of aliphatic imine (C=N–C) groups is 1. The van der Waals surface area contributed by atoms with Crippen molar-refractivity contribution in [3.05, 3.63) is 29.8 Å². The number of hydrogen-bond acceptors (Lipinski definition) is 4. The van der Waals surface area contributed by atoms with Crippen LogP contribution in [0.15, 0.2) is 29.3 Å². The van der Waals surface area contributed by atoms with Crippen LogP contribution in [0.2, 0.25) is 0 Å². The molecule has 1 aromatic carbocycles. The van der Waals surface area contributed by atoms with Crippen molar-refractivity contribution in [1.29, 1.82) is 0 Å². The standard InChI is InChI=1S/C21H33N5O2.HI/c1-4-28-21(27)25-12-9-18(10-13-25)24-20(22-3)23-11-14-26-16(2)15-17-7-5-6-8-19(17)26;/h5-8,16,18H,4,9-15H2,1-3H3,(H2,22,23,24);1H. The first-order valence-corrected chi connectivity index (χ1v) is 10.4. The first-order valence-electron chi connectivity index (χ1n) is 10.4. The van der Waals surface area contributed by atoms with Crippen LogP contribution in [0.1, 0.15) is 32.3 Å². The van der Waals surface area contributed by atoms with Crippen LogP contribution in [-0.2, 0) is 11.2 Å². The van der Waals surface area contributed by atoms with Crippen molar-refractivity contribution in [2.24, 2.45) is 4.99 Å². The van der Waals surface area contributed by atoms with E-state index < -0.39 is 0 Å². The minimum absolute atomic E-state index is 0. The van der Waals surface area contributed by atoms with Gasteiger partial charge in [0, 0.05) is 51.0 Å². The van der Waals surface area contributed by atoms with Gasteiger partial charge in [-0.3, -0.25) is 4.99 Å². The Labute approximate surface area is 191 Å². The van der Waals surface area contributed by atoms with Gasteiger partial charge in [-0.15, -0.1) is 24.0 Å². The lowest BCUT2D eigenvalue weighted by Gasteiger charge is -2.32. The van der Waals surface area contributed by atoms with Gasteiger partial charge < -0.3 is 25.2 Å². The second kappa shape index (κ2) is 11.5. The van der Waals surface area contributed by atoms with Crippen LogP contribution in [-0.4, -0.2) is 68.9 Å². The highest BCUT2D eigenvalue weighted by atomic mass is 127. The van der Waals surface area contributed by atoms with E-state index in [4.69, 9.17) is 4.74 Å². The number of halogens is 1. The highest BCUT2D eigenvalue weighted by Crippen LogP contribution is 2.31. The highest BCUT2D eigenvalue weighted by molar-refractivity contribution is 14.0. The minimum Gasteiger partial charge on any atom is -0.450 e. The zero-order chi connectivity index (χ0) is 19.9. The van der Waals surface area contributed by atoms with Crippen molar-refractivity contribution in [3.8, 4) is 0 Å². The minimum atomic E-state index is -0.205. The van der Waals surface area contributed by atoms with E-state index in [-0.39, 0.29) is 30.1 Å². The third kappa shape index (κ3) is 6.13. The fraction of sp³-hybridized carbons (Fsp3) is 0.619. The van der Waals surface area contributed by atoms with E-state index >= 15 is 0 Å². The molecule has 1 atom stereocenters. The lowest BCUT2D eigenvalue weighted by Crippen LogP contribution is -2.50. The molecule has 0 radical (unpaired) electrons. The molecule has 8 heteroatoms. The molecule has 3 rings (SSSR count). The predicted molar refractivity (Wildman–Crippen MR) is 128 cm³/mol. The van der Waals surface area contributed by atoms with E-state index in [9.17, 15) is 4.79 Å². The Balaban J connectivity index is 0.00000300. The topological polar surface area (TPSA) is 69.2 Å². The van der Waals surface area contributed by atoms with Crippen molar-refractivity contribution in [2.45, 2.75) is 45.2 Å². The van der Waals surface area contributed by atoms with Gasteiger partial charge in [0.2, 0.25) is 0 Å². The average Bonchev–Trinajstić information content (AvgIpc) is 3.03. The SMILES string of the molecule is CCOC(=O)N1CCC(NC(=NC)NCCN2c3ccccc3CC2C)CC1.I. The van der Waals surface area contributed by atoms with Gasteiger partial charge in [-0.1, -0.05) is 18.2 Å². The Morgan fingerprint density at radius 3 is 2.69 bits per heavy atom. The third-order valence-electron chi connectivity index (χ3n) is 5.58. The number of anilines is 1. The number of likely N-dealkylation sites (tertiary alicyclic amines) is 1. The zero-order valence-corrected chi connectivity index (χ0v) is 20.0. The van der Waals surface area contributed by atoms with E-state index in [1.165, 1.54) is 11.3 Å². The predicted octanol–water partition coefficient (Wildman–Crippen LogP) is 2.84. The number of carbonyl (C=O) groups is 1. The Morgan fingerprint density at radius 1 is 1.28 bits per heavy atom. The van der Waals surface area contributed by atoms with Crippen molar-refractivity contribution in [3.63, 3.8) is 0 Å². The number of benzene rings is 1. The summed E-state index contributed by atoms with van der Waals surface area (Å²) in [6.45, 7) is 7.76. The number of ether oxygens (including phenoxy) is 1. The van der Waals surface area contributed by atoms with Gasteiger partial charge in [-0.05, 0) is 44.7 Å². The molecule has 0 aliphatic carbocycles. The number of nitrogens with one attached hydrogen (secondary N) is 2. The largest absolute Gasteiger partial charge is 0.450 e. The molecule has 1 saturated heterocycles. The number of hydrogen-bond donors (Lipinski definition) is 2. The van der Waals surface area contributed by atoms with Gasteiger partial charge in [0.1, 0.15) is 0 Å². The maximum atomic E-state index is 11.8.